The summed E-state index contributed by atoms with van der Waals surface area (Å²) in [6, 6.07) is -0.151. The van der Waals surface area contributed by atoms with E-state index in [1.165, 1.54) is 6.92 Å². The van der Waals surface area contributed by atoms with Gasteiger partial charge in [-0.15, -0.1) is 0 Å². The van der Waals surface area contributed by atoms with Gasteiger partial charge in [-0.2, -0.15) is 0 Å². The van der Waals surface area contributed by atoms with E-state index in [9.17, 15) is 9.59 Å². The minimum absolute atomic E-state index is 0.0298. The lowest BCUT2D eigenvalue weighted by Gasteiger charge is -2.17. The Morgan fingerprint density at radius 1 is 1.50 bits per heavy atom. The molecule has 1 aliphatic heterocycles. The quantitative estimate of drug-likeness (QED) is 0.730. The van der Waals surface area contributed by atoms with Crippen LogP contribution in [-0.2, 0) is 9.59 Å². The minimum Gasteiger partial charge on any atom is -0.348 e. The summed E-state index contributed by atoms with van der Waals surface area (Å²) < 4.78 is 0. The summed E-state index contributed by atoms with van der Waals surface area (Å²) in [5.41, 5.74) is 1.07. The average molecular weight is 226 g/mol. The van der Waals surface area contributed by atoms with Crippen LogP contribution in [0.1, 0.15) is 27.2 Å². The lowest BCUT2D eigenvalue weighted by Crippen LogP contribution is -2.42. The maximum atomic E-state index is 11.6. The van der Waals surface area contributed by atoms with Crippen LogP contribution in [0.15, 0.2) is 12.2 Å². The first-order chi connectivity index (χ1) is 7.50. The zero-order chi connectivity index (χ0) is 12.7. The largest absolute Gasteiger partial charge is 0.348 e. The van der Waals surface area contributed by atoms with Crippen molar-refractivity contribution in [1.82, 2.24) is 10.2 Å². The zero-order valence-electron chi connectivity index (χ0n) is 10.7. The predicted molar refractivity (Wildman–Crippen MR) is 65.2 cm³/mol. The third kappa shape index (κ3) is 4.57. The molecule has 92 valence electrons. The van der Waals surface area contributed by atoms with E-state index in [1.54, 1.807) is 0 Å². The fourth-order valence-corrected chi connectivity index (χ4v) is 1.58. The van der Waals surface area contributed by atoms with Crippen molar-refractivity contribution in [1.29, 1.82) is 0 Å². The summed E-state index contributed by atoms with van der Waals surface area (Å²) in [5, 5.41) is 2.60. The highest BCUT2D eigenvalue weighted by atomic mass is 16.2. The molecule has 1 N–H and O–H groups in total. The van der Waals surface area contributed by atoms with E-state index >= 15 is 0 Å². The van der Waals surface area contributed by atoms with Gasteiger partial charge in [0.15, 0.2) is 0 Å². The molecule has 0 saturated carbocycles. The number of nitrogens with zero attached hydrogens (tertiary/aromatic N) is 1. The second-order valence-electron chi connectivity index (χ2n) is 3.80. The number of ketones is 1. The molecule has 16 heavy (non-hydrogen) atoms. The van der Waals surface area contributed by atoms with Crippen molar-refractivity contribution in [2.24, 2.45) is 0 Å². The van der Waals surface area contributed by atoms with Crippen molar-refractivity contribution in [3.63, 3.8) is 0 Å². The molecule has 0 radical (unpaired) electrons. The number of carbonyl (C=O) groups is 2. The van der Waals surface area contributed by atoms with Gasteiger partial charge in [-0.05, 0) is 20.4 Å². The fraction of sp³-hybridized carbons (Fsp3) is 0.667. The summed E-state index contributed by atoms with van der Waals surface area (Å²) >= 11 is 0. The molecule has 0 bridgehead atoms. The number of hydrogen-bond donors (Lipinski definition) is 1. The van der Waals surface area contributed by atoms with Crippen LogP contribution in [0.25, 0.3) is 0 Å². The van der Waals surface area contributed by atoms with Crippen LogP contribution >= 0.6 is 0 Å². The first-order valence-electron chi connectivity index (χ1n) is 5.64. The van der Waals surface area contributed by atoms with Crippen LogP contribution in [-0.4, -0.2) is 42.8 Å². The second-order valence-corrected chi connectivity index (χ2v) is 3.80. The van der Waals surface area contributed by atoms with Gasteiger partial charge < -0.3 is 5.32 Å². The molecule has 1 aliphatic rings. The van der Waals surface area contributed by atoms with Crippen molar-refractivity contribution in [2.45, 2.75) is 33.2 Å². The highest BCUT2D eigenvalue weighted by Gasteiger charge is 2.29. The summed E-state index contributed by atoms with van der Waals surface area (Å²) in [4.78, 5) is 24.2. The molecule has 1 heterocycles. The van der Waals surface area contributed by atoms with Gasteiger partial charge >= 0.3 is 0 Å². The number of hydrogen-bond acceptors (Lipinski definition) is 3. The Bertz CT molecular complexity index is 274. The molecule has 0 aliphatic carbocycles. The van der Waals surface area contributed by atoms with Gasteiger partial charge in [0.2, 0.25) is 5.91 Å². The third-order valence-electron chi connectivity index (χ3n) is 2.30. The predicted octanol–water partition coefficient (Wildman–Crippen LogP) is 0.978. The Kier molecular flexibility index (Phi) is 6.65. The standard InChI is InChI=1S/C10H16N2O2.C2H6/c1-7-4-9(12(3)6-7)10(14)11-5-8(2)13;1-2/h9H,1,4-6H2,2-3H3,(H,11,14);1-2H3. The van der Waals surface area contributed by atoms with Crippen LogP contribution in [0, 0.1) is 0 Å². The Morgan fingerprint density at radius 3 is 2.44 bits per heavy atom. The molecule has 1 saturated heterocycles. The molecule has 1 unspecified atom stereocenters. The fourth-order valence-electron chi connectivity index (χ4n) is 1.58. The smallest absolute Gasteiger partial charge is 0.238 e. The Balaban J connectivity index is 0.00000106. The first kappa shape index (κ1) is 14.8. The van der Waals surface area contributed by atoms with Crippen molar-refractivity contribution >= 4 is 11.7 Å². The van der Waals surface area contributed by atoms with Gasteiger partial charge in [-0.1, -0.05) is 26.0 Å². The minimum atomic E-state index is -0.151. The molecule has 1 atom stereocenters. The van der Waals surface area contributed by atoms with Gasteiger partial charge in [-0.25, -0.2) is 0 Å². The summed E-state index contributed by atoms with van der Waals surface area (Å²) in [6.45, 7) is 10.2. The average Bonchev–Trinajstić information content (AvgIpc) is 2.57. The number of Topliss-reactive ketones (excluding diaryl/α,β-unsaturated/α-hetero) is 1. The van der Waals surface area contributed by atoms with Gasteiger partial charge in [0, 0.05) is 6.54 Å². The van der Waals surface area contributed by atoms with E-state index in [0.717, 1.165) is 12.1 Å². The Labute approximate surface area is 97.7 Å². The van der Waals surface area contributed by atoms with E-state index < -0.39 is 0 Å². The van der Waals surface area contributed by atoms with E-state index in [2.05, 4.69) is 11.9 Å². The Hall–Kier alpha value is -1.16. The van der Waals surface area contributed by atoms with E-state index in [1.807, 2.05) is 25.8 Å². The van der Waals surface area contributed by atoms with Gasteiger partial charge in [0.25, 0.3) is 0 Å². The molecule has 4 nitrogen and oxygen atoms in total. The van der Waals surface area contributed by atoms with Crippen LogP contribution in [0.5, 0.6) is 0 Å². The summed E-state index contributed by atoms with van der Waals surface area (Å²) in [7, 11) is 1.89. The maximum Gasteiger partial charge on any atom is 0.238 e. The molecular formula is C12H22N2O2. The topological polar surface area (TPSA) is 49.4 Å². The molecule has 1 fully saturated rings. The molecule has 0 aromatic heterocycles. The molecule has 0 spiro atoms. The monoisotopic (exact) mass is 226 g/mol. The number of amides is 1. The van der Waals surface area contributed by atoms with Crippen molar-refractivity contribution in [3.05, 3.63) is 12.2 Å². The Morgan fingerprint density at radius 2 is 2.06 bits per heavy atom. The van der Waals surface area contributed by atoms with E-state index in [-0.39, 0.29) is 24.3 Å². The van der Waals surface area contributed by atoms with E-state index in [0.29, 0.717) is 6.42 Å². The molecular weight excluding hydrogens is 204 g/mol. The molecule has 1 rings (SSSR count). The summed E-state index contributed by atoms with van der Waals surface area (Å²) in [5.74, 6) is -0.112. The van der Waals surface area contributed by atoms with Gasteiger partial charge in [0.1, 0.15) is 5.78 Å². The zero-order valence-corrected chi connectivity index (χ0v) is 10.7. The number of carbonyl (C=O) groups excluding carboxylic acids is 2. The van der Waals surface area contributed by atoms with Crippen molar-refractivity contribution in [3.8, 4) is 0 Å². The SMILES string of the molecule is C=C1CC(C(=O)NCC(C)=O)N(C)C1.CC. The maximum absolute atomic E-state index is 11.6. The van der Waals surface area contributed by atoms with Crippen molar-refractivity contribution < 1.29 is 9.59 Å². The highest BCUT2D eigenvalue weighted by molar-refractivity contribution is 5.87. The summed E-state index contributed by atoms with van der Waals surface area (Å²) in [6.07, 6.45) is 0.695. The van der Waals surface area contributed by atoms with Gasteiger partial charge in [-0.3, -0.25) is 14.5 Å². The number of likely N-dealkylation sites (tertiary alicyclic amines) is 1. The van der Waals surface area contributed by atoms with Gasteiger partial charge in [0.05, 0.1) is 12.6 Å². The lowest BCUT2D eigenvalue weighted by molar-refractivity contribution is -0.127. The number of likely N-dealkylation sites (N-methyl/N-ethyl adjacent to an activating group) is 1. The second kappa shape index (κ2) is 7.17. The third-order valence-corrected chi connectivity index (χ3v) is 2.30. The highest BCUT2D eigenvalue weighted by Crippen LogP contribution is 2.18. The molecule has 0 aromatic rings. The number of rotatable bonds is 3. The van der Waals surface area contributed by atoms with Crippen molar-refractivity contribution in [2.75, 3.05) is 20.1 Å². The first-order valence-corrected chi connectivity index (χ1v) is 5.64. The van der Waals surface area contributed by atoms with Crippen LogP contribution in [0.2, 0.25) is 0 Å². The van der Waals surface area contributed by atoms with Crippen LogP contribution in [0.3, 0.4) is 0 Å². The normalized spacial score (nSPS) is 20.0. The van der Waals surface area contributed by atoms with Crippen LogP contribution < -0.4 is 5.32 Å². The lowest BCUT2D eigenvalue weighted by atomic mass is 10.1. The molecule has 0 aromatic carbocycles. The van der Waals surface area contributed by atoms with E-state index in [4.69, 9.17) is 0 Å². The van der Waals surface area contributed by atoms with Crippen LogP contribution in [0.4, 0.5) is 0 Å². The number of nitrogens with one attached hydrogen (secondary N) is 1. The molecule has 4 heteroatoms. The molecule has 1 amide bonds.